The predicted octanol–water partition coefficient (Wildman–Crippen LogP) is 1.82. The van der Waals surface area contributed by atoms with Gasteiger partial charge in [-0.1, -0.05) is 6.07 Å². The number of anilines is 2. The largest absolute Gasteiger partial charge is 0.354 e. The van der Waals surface area contributed by atoms with E-state index in [-0.39, 0.29) is 18.4 Å². The highest BCUT2D eigenvalue weighted by Gasteiger charge is 2.15. The van der Waals surface area contributed by atoms with Gasteiger partial charge in [-0.15, -0.1) is 0 Å². The summed E-state index contributed by atoms with van der Waals surface area (Å²) < 4.78 is 0. The molecule has 7 nitrogen and oxygen atoms in total. The molecule has 1 aromatic carbocycles. The Morgan fingerprint density at radius 1 is 1.04 bits per heavy atom. The summed E-state index contributed by atoms with van der Waals surface area (Å²) in [6.45, 7) is 7.78. The van der Waals surface area contributed by atoms with Crippen LogP contribution in [0.4, 0.5) is 11.5 Å². The predicted molar refractivity (Wildman–Crippen MR) is 111 cm³/mol. The lowest BCUT2D eigenvalue weighted by molar-refractivity contribution is -0.115. The molecule has 1 saturated heterocycles. The van der Waals surface area contributed by atoms with Crippen LogP contribution in [-0.4, -0.2) is 61.5 Å². The van der Waals surface area contributed by atoms with E-state index in [0.29, 0.717) is 11.3 Å². The highest BCUT2D eigenvalue weighted by atomic mass is 16.2. The molecule has 0 spiro atoms. The fourth-order valence-electron chi connectivity index (χ4n) is 3.03. The fraction of sp³-hybridized carbons (Fsp3) is 0.381. The van der Waals surface area contributed by atoms with Crippen molar-refractivity contribution in [2.24, 2.45) is 0 Å². The Bertz CT molecular complexity index is 842. The molecule has 2 amide bonds. The average molecular weight is 381 g/mol. The van der Waals surface area contributed by atoms with Gasteiger partial charge in [0.25, 0.3) is 5.91 Å². The summed E-state index contributed by atoms with van der Waals surface area (Å²) in [4.78, 5) is 33.3. The number of pyridine rings is 1. The normalized spacial score (nSPS) is 14.6. The van der Waals surface area contributed by atoms with Gasteiger partial charge >= 0.3 is 0 Å². The smallest absolute Gasteiger partial charge is 0.251 e. The second kappa shape index (κ2) is 8.84. The summed E-state index contributed by atoms with van der Waals surface area (Å²) in [6, 6.07) is 9.23. The van der Waals surface area contributed by atoms with Crippen LogP contribution in [0.15, 0.2) is 36.5 Å². The molecule has 28 heavy (non-hydrogen) atoms. The van der Waals surface area contributed by atoms with Crippen molar-refractivity contribution in [3.63, 3.8) is 0 Å². The van der Waals surface area contributed by atoms with E-state index < -0.39 is 0 Å². The molecule has 0 atom stereocenters. The average Bonchev–Trinajstić information content (AvgIpc) is 2.69. The molecule has 1 aliphatic heterocycles. The summed E-state index contributed by atoms with van der Waals surface area (Å²) in [5.74, 6) is 0.363. The number of carbonyl (C=O) groups excluding carboxylic acids is 2. The standard InChI is InChI=1S/C21H27N5O2/c1-15-4-5-17(12-16(15)2)21(28)23-14-20(27)24-18-6-7-19(22-13-18)26-10-8-25(3)9-11-26/h4-7,12-13H,8-11,14H2,1-3H3,(H,23,28)(H,24,27). The van der Waals surface area contributed by atoms with Crippen molar-refractivity contribution in [2.45, 2.75) is 13.8 Å². The quantitative estimate of drug-likeness (QED) is 0.826. The molecule has 0 aliphatic carbocycles. The van der Waals surface area contributed by atoms with E-state index in [1.807, 2.05) is 38.1 Å². The number of hydrogen-bond acceptors (Lipinski definition) is 5. The lowest BCUT2D eigenvalue weighted by Gasteiger charge is -2.33. The molecule has 2 heterocycles. The number of hydrogen-bond donors (Lipinski definition) is 2. The minimum atomic E-state index is -0.286. The van der Waals surface area contributed by atoms with Crippen molar-refractivity contribution < 1.29 is 9.59 Å². The Hall–Kier alpha value is -2.93. The van der Waals surface area contributed by atoms with E-state index in [1.54, 1.807) is 12.3 Å². The molecular formula is C21H27N5O2. The van der Waals surface area contributed by atoms with Gasteiger partial charge in [-0.05, 0) is 56.3 Å². The molecule has 0 saturated carbocycles. The van der Waals surface area contributed by atoms with Crippen LogP contribution in [0.2, 0.25) is 0 Å². The van der Waals surface area contributed by atoms with Crippen LogP contribution in [0.25, 0.3) is 0 Å². The molecule has 148 valence electrons. The molecule has 2 N–H and O–H groups in total. The van der Waals surface area contributed by atoms with Crippen LogP contribution in [-0.2, 0) is 4.79 Å². The molecular weight excluding hydrogens is 354 g/mol. The van der Waals surface area contributed by atoms with Gasteiger partial charge in [0.15, 0.2) is 0 Å². The Morgan fingerprint density at radius 3 is 2.43 bits per heavy atom. The maximum Gasteiger partial charge on any atom is 0.251 e. The maximum atomic E-state index is 12.2. The minimum Gasteiger partial charge on any atom is -0.354 e. The first-order valence-corrected chi connectivity index (χ1v) is 9.47. The van der Waals surface area contributed by atoms with Gasteiger partial charge in [0.2, 0.25) is 5.91 Å². The van der Waals surface area contributed by atoms with Crippen molar-refractivity contribution in [1.29, 1.82) is 0 Å². The number of nitrogens with one attached hydrogen (secondary N) is 2. The van der Waals surface area contributed by atoms with E-state index in [4.69, 9.17) is 0 Å². The number of likely N-dealkylation sites (N-methyl/N-ethyl adjacent to an activating group) is 1. The Morgan fingerprint density at radius 2 is 1.79 bits per heavy atom. The van der Waals surface area contributed by atoms with Gasteiger partial charge in [-0.3, -0.25) is 9.59 Å². The van der Waals surface area contributed by atoms with Gasteiger partial charge in [0.1, 0.15) is 5.82 Å². The van der Waals surface area contributed by atoms with Crippen molar-refractivity contribution in [3.05, 3.63) is 53.2 Å². The number of rotatable bonds is 5. The maximum absolute atomic E-state index is 12.2. The monoisotopic (exact) mass is 381 g/mol. The van der Waals surface area contributed by atoms with Gasteiger partial charge in [0.05, 0.1) is 18.4 Å². The van der Waals surface area contributed by atoms with E-state index in [2.05, 4.69) is 32.5 Å². The summed E-state index contributed by atoms with van der Waals surface area (Å²) in [7, 11) is 2.11. The first kappa shape index (κ1) is 19.8. The fourth-order valence-corrected chi connectivity index (χ4v) is 3.03. The molecule has 2 aromatic rings. The summed E-state index contributed by atoms with van der Waals surface area (Å²) in [5, 5.41) is 5.41. The molecule has 1 aromatic heterocycles. The van der Waals surface area contributed by atoms with Crippen molar-refractivity contribution >= 4 is 23.3 Å². The van der Waals surface area contributed by atoms with E-state index >= 15 is 0 Å². The second-order valence-electron chi connectivity index (χ2n) is 7.23. The molecule has 0 bridgehead atoms. The second-order valence-corrected chi connectivity index (χ2v) is 7.23. The zero-order chi connectivity index (χ0) is 20.1. The number of benzene rings is 1. The van der Waals surface area contributed by atoms with Gasteiger partial charge in [0, 0.05) is 31.7 Å². The van der Waals surface area contributed by atoms with Crippen LogP contribution in [0, 0.1) is 13.8 Å². The lowest BCUT2D eigenvalue weighted by atomic mass is 10.1. The number of nitrogens with zero attached hydrogens (tertiary/aromatic N) is 3. The number of carbonyl (C=O) groups is 2. The number of aryl methyl sites for hydroxylation is 2. The molecule has 0 unspecified atom stereocenters. The van der Waals surface area contributed by atoms with E-state index in [1.165, 1.54) is 0 Å². The number of amides is 2. The zero-order valence-electron chi connectivity index (χ0n) is 16.7. The van der Waals surface area contributed by atoms with E-state index in [9.17, 15) is 9.59 Å². The zero-order valence-corrected chi connectivity index (χ0v) is 16.7. The Labute approximate surface area is 165 Å². The first-order chi connectivity index (χ1) is 13.4. The van der Waals surface area contributed by atoms with Gasteiger partial charge < -0.3 is 20.4 Å². The SMILES string of the molecule is Cc1ccc(C(=O)NCC(=O)Nc2ccc(N3CCN(C)CC3)nc2)cc1C. The first-order valence-electron chi connectivity index (χ1n) is 9.47. The van der Waals surface area contributed by atoms with Crippen molar-refractivity contribution in [1.82, 2.24) is 15.2 Å². The third kappa shape index (κ3) is 5.07. The van der Waals surface area contributed by atoms with Crippen LogP contribution >= 0.6 is 0 Å². The van der Waals surface area contributed by atoms with E-state index in [0.717, 1.165) is 43.1 Å². The number of piperazine rings is 1. The summed E-state index contributed by atoms with van der Waals surface area (Å²) >= 11 is 0. The third-order valence-corrected chi connectivity index (χ3v) is 5.04. The van der Waals surface area contributed by atoms with Crippen LogP contribution in [0.3, 0.4) is 0 Å². The number of aromatic nitrogens is 1. The van der Waals surface area contributed by atoms with Crippen LogP contribution < -0.4 is 15.5 Å². The van der Waals surface area contributed by atoms with Gasteiger partial charge in [-0.25, -0.2) is 4.98 Å². The molecule has 3 rings (SSSR count). The molecule has 0 radical (unpaired) electrons. The lowest BCUT2D eigenvalue weighted by Crippen LogP contribution is -2.44. The topological polar surface area (TPSA) is 77.6 Å². The highest BCUT2D eigenvalue weighted by Crippen LogP contribution is 2.16. The van der Waals surface area contributed by atoms with Crippen molar-refractivity contribution in [2.75, 3.05) is 50.0 Å². The Balaban J connectivity index is 1.49. The van der Waals surface area contributed by atoms with Crippen molar-refractivity contribution in [3.8, 4) is 0 Å². The molecule has 1 fully saturated rings. The van der Waals surface area contributed by atoms with Crippen LogP contribution in [0.5, 0.6) is 0 Å². The van der Waals surface area contributed by atoms with Gasteiger partial charge in [-0.2, -0.15) is 0 Å². The van der Waals surface area contributed by atoms with Crippen LogP contribution in [0.1, 0.15) is 21.5 Å². The third-order valence-electron chi connectivity index (χ3n) is 5.04. The summed E-state index contributed by atoms with van der Waals surface area (Å²) in [5.41, 5.74) is 3.34. The summed E-state index contributed by atoms with van der Waals surface area (Å²) in [6.07, 6.45) is 1.65. The highest BCUT2D eigenvalue weighted by molar-refractivity contribution is 5.99. The molecule has 7 heteroatoms. The molecule has 1 aliphatic rings. The Kier molecular flexibility index (Phi) is 6.26. The minimum absolute atomic E-state index is 0.0913.